The number of nitrogens with one attached hydrogen (secondary N) is 1. The highest BCUT2D eigenvalue weighted by atomic mass is 32.2. The summed E-state index contributed by atoms with van der Waals surface area (Å²) in [4.78, 5) is 6.20. The van der Waals surface area contributed by atoms with Crippen LogP contribution in [-0.2, 0) is 10.0 Å². The first-order valence-corrected chi connectivity index (χ1v) is 5.71. The summed E-state index contributed by atoms with van der Waals surface area (Å²) in [7, 11) is -3.47. The lowest BCUT2D eigenvalue weighted by atomic mass is 10.3. The molecular weight excluding hydrogens is 206 g/mol. The van der Waals surface area contributed by atoms with Gasteiger partial charge >= 0.3 is 0 Å². The van der Waals surface area contributed by atoms with E-state index in [-0.39, 0.29) is 11.6 Å². The second-order valence-electron chi connectivity index (χ2n) is 3.22. The van der Waals surface area contributed by atoms with Crippen LogP contribution >= 0.6 is 0 Å². The van der Waals surface area contributed by atoms with Crippen LogP contribution in [0.15, 0.2) is 17.6 Å². The fraction of sp³-hybridized carbons (Fsp3) is 0.571. The summed E-state index contributed by atoms with van der Waals surface area (Å²) in [5.74, 6) is 0. The van der Waals surface area contributed by atoms with Crippen molar-refractivity contribution in [3.63, 3.8) is 0 Å². The largest absolute Gasteiger partial charge is 0.392 e. The fourth-order valence-electron chi connectivity index (χ4n) is 1.45. The number of β-amino-alcohol motifs (C(OH)–C–C–N with tert-alkyl or cyclic N) is 1. The molecule has 0 bridgehead atoms. The average Bonchev–Trinajstić information content (AvgIpc) is 2.72. The third-order valence-electron chi connectivity index (χ3n) is 2.22. The topological polar surface area (TPSA) is 86.3 Å². The predicted molar refractivity (Wildman–Crippen MR) is 48.0 cm³/mol. The van der Waals surface area contributed by atoms with Crippen molar-refractivity contribution < 1.29 is 13.5 Å². The van der Waals surface area contributed by atoms with E-state index in [1.807, 2.05) is 0 Å². The number of aromatic nitrogens is 2. The SMILES string of the molecule is O=S(=O)(c1cnc[nH]1)N1CC[C@H](O)C1. The highest BCUT2D eigenvalue weighted by Crippen LogP contribution is 2.18. The van der Waals surface area contributed by atoms with Crippen molar-refractivity contribution in [3.8, 4) is 0 Å². The summed E-state index contributed by atoms with van der Waals surface area (Å²) in [6, 6.07) is 0. The quantitative estimate of drug-likeness (QED) is 0.676. The lowest BCUT2D eigenvalue weighted by Gasteiger charge is -2.13. The van der Waals surface area contributed by atoms with Crippen LogP contribution in [-0.4, -0.2) is 47.0 Å². The fourth-order valence-corrected chi connectivity index (χ4v) is 2.84. The van der Waals surface area contributed by atoms with Crippen molar-refractivity contribution >= 4 is 10.0 Å². The van der Waals surface area contributed by atoms with E-state index < -0.39 is 16.1 Å². The van der Waals surface area contributed by atoms with Gasteiger partial charge in [-0.3, -0.25) is 0 Å². The molecular formula is C7H11N3O3S. The minimum absolute atomic E-state index is 0.0756. The summed E-state index contributed by atoms with van der Waals surface area (Å²) in [6.45, 7) is 0.532. The Balaban J connectivity index is 2.26. The molecule has 1 aromatic heterocycles. The Labute approximate surface area is 81.6 Å². The van der Waals surface area contributed by atoms with E-state index in [9.17, 15) is 13.5 Å². The van der Waals surface area contributed by atoms with Crippen LogP contribution in [0.25, 0.3) is 0 Å². The van der Waals surface area contributed by atoms with Gasteiger partial charge in [0.2, 0.25) is 0 Å². The zero-order valence-electron chi connectivity index (χ0n) is 7.42. The molecule has 0 unspecified atom stereocenters. The standard InChI is InChI=1S/C7H11N3O3S/c11-6-1-2-10(4-6)14(12,13)7-3-8-5-9-7/h3,5-6,11H,1-2,4H2,(H,8,9)/t6-/m0/s1. The molecule has 6 nitrogen and oxygen atoms in total. The van der Waals surface area contributed by atoms with E-state index in [1.54, 1.807) is 0 Å². The third kappa shape index (κ3) is 1.54. The number of aliphatic hydroxyl groups is 1. The van der Waals surface area contributed by atoms with E-state index >= 15 is 0 Å². The van der Waals surface area contributed by atoms with Gasteiger partial charge in [0, 0.05) is 13.1 Å². The van der Waals surface area contributed by atoms with Gasteiger partial charge in [-0.25, -0.2) is 13.4 Å². The molecule has 1 fully saturated rings. The maximum atomic E-state index is 11.8. The first-order chi connectivity index (χ1) is 6.60. The lowest BCUT2D eigenvalue weighted by molar-refractivity contribution is 0.189. The van der Waals surface area contributed by atoms with Gasteiger partial charge in [-0.15, -0.1) is 0 Å². The van der Waals surface area contributed by atoms with Crippen LogP contribution in [0, 0.1) is 0 Å². The number of imidazole rings is 1. The Morgan fingerprint density at radius 2 is 2.43 bits per heavy atom. The molecule has 2 rings (SSSR count). The normalized spacial score (nSPS) is 24.2. The predicted octanol–water partition coefficient (Wildman–Crippen LogP) is -0.835. The molecule has 2 N–H and O–H groups in total. The van der Waals surface area contributed by atoms with Crippen LogP contribution in [0.3, 0.4) is 0 Å². The number of aromatic amines is 1. The molecule has 0 spiro atoms. The molecule has 1 saturated heterocycles. The zero-order chi connectivity index (χ0) is 10.2. The minimum Gasteiger partial charge on any atom is -0.392 e. The Hall–Kier alpha value is -0.920. The van der Waals surface area contributed by atoms with Crippen molar-refractivity contribution in [2.45, 2.75) is 17.6 Å². The van der Waals surface area contributed by atoms with Gasteiger partial charge in [-0.05, 0) is 6.42 Å². The molecule has 14 heavy (non-hydrogen) atoms. The number of nitrogens with zero attached hydrogens (tertiary/aromatic N) is 2. The second kappa shape index (κ2) is 3.34. The molecule has 0 amide bonds. The van der Waals surface area contributed by atoms with Crippen molar-refractivity contribution in [2.75, 3.05) is 13.1 Å². The maximum absolute atomic E-state index is 11.8. The highest BCUT2D eigenvalue weighted by molar-refractivity contribution is 7.89. The van der Waals surface area contributed by atoms with Gasteiger partial charge in [0.1, 0.15) is 0 Å². The molecule has 1 atom stereocenters. The van der Waals surface area contributed by atoms with Gasteiger partial charge in [0.05, 0.1) is 18.6 Å². The number of hydrogen-bond acceptors (Lipinski definition) is 4. The summed E-state index contributed by atoms with van der Waals surface area (Å²) in [5, 5.41) is 9.30. The van der Waals surface area contributed by atoms with Crippen molar-refractivity contribution in [3.05, 3.63) is 12.5 Å². The first-order valence-electron chi connectivity index (χ1n) is 4.27. The first kappa shape index (κ1) is 9.63. The number of H-pyrrole nitrogens is 1. The number of sulfonamides is 1. The molecule has 0 aliphatic carbocycles. The van der Waals surface area contributed by atoms with Gasteiger partial charge in [0.25, 0.3) is 10.0 Å². The molecule has 2 heterocycles. The number of rotatable bonds is 2. The number of hydrogen-bond donors (Lipinski definition) is 2. The zero-order valence-corrected chi connectivity index (χ0v) is 8.24. The molecule has 1 aromatic rings. The van der Waals surface area contributed by atoms with Crippen LogP contribution in [0.4, 0.5) is 0 Å². The monoisotopic (exact) mass is 217 g/mol. The summed E-state index contributed by atoms with van der Waals surface area (Å²) in [6.07, 6.45) is 2.53. The van der Waals surface area contributed by atoms with Crippen LogP contribution in [0.1, 0.15) is 6.42 Å². The van der Waals surface area contributed by atoms with Gasteiger partial charge in [-0.1, -0.05) is 0 Å². The molecule has 0 aromatic carbocycles. The van der Waals surface area contributed by atoms with E-state index in [4.69, 9.17) is 0 Å². The molecule has 0 saturated carbocycles. The van der Waals surface area contributed by atoms with E-state index in [1.165, 1.54) is 16.8 Å². The average molecular weight is 217 g/mol. The smallest absolute Gasteiger partial charge is 0.260 e. The summed E-state index contributed by atoms with van der Waals surface area (Å²) < 4.78 is 24.8. The van der Waals surface area contributed by atoms with Crippen molar-refractivity contribution in [1.29, 1.82) is 0 Å². The molecule has 7 heteroatoms. The minimum atomic E-state index is -3.47. The third-order valence-corrected chi connectivity index (χ3v) is 4.01. The van der Waals surface area contributed by atoms with Crippen LogP contribution < -0.4 is 0 Å². The highest BCUT2D eigenvalue weighted by Gasteiger charge is 2.32. The number of aliphatic hydroxyl groups excluding tert-OH is 1. The van der Waals surface area contributed by atoms with Gasteiger partial charge < -0.3 is 10.1 Å². The Kier molecular flexibility index (Phi) is 2.30. The molecule has 78 valence electrons. The van der Waals surface area contributed by atoms with Crippen LogP contribution in [0.5, 0.6) is 0 Å². The molecule has 0 radical (unpaired) electrons. The summed E-state index contributed by atoms with van der Waals surface area (Å²) in [5.41, 5.74) is 0. The van der Waals surface area contributed by atoms with Crippen LogP contribution in [0.2, 0.25) is 0 Å². The second-order valence-corrected chi connectivity index (χ2v) is 5.13. The molecule has 1 aliphatic rings. The van der Waals surface area contributed by atoms with Crippen molar-refractivity contribution in [2.24, 2.45) is 0 Å². The van der Waals surface area contributed by atoms with Gasteiger partial charge in [-0.2, -0.15) is 4.31 Å². The Morgan fingerprint density at radius 3 is 2.93 bits per heavy atom. The van der Waals surface area contributed by atoms with E-state index in [2.05, 4.69) is 9.97 Å². The Bertz CT molecular complexity index is 400. The molecule has 1 aliphatic heterocycles. The lowest BCUT2D eigenvalue weighted by Crippen LogP contribution is -2.29. The van der Waals surface area contributed by atoms with E-state index in [0.29, 0.717) is 13.0 Å². The summed E-state index contributed by atoms with van der Waals surface area (Å²) >= 11 is 0. The van der Waals surface area contributed by atoms with Crippen molar-refractivity contribution in [1.82, 2.24) is 14.3 Å². The maximum Gasteiger partial charge on any atom is 0.260 e. The van der Waals surface area contributed by atoms with Gasteiger partial charge in [0.15, 0.2) is 5.03 Å². The Morgan fingerprint density at radius 1 is 1.64 bits per heavy atom. The van der Waals surface area contributed by atoms with E-state index in [0.717, 1.165) is 0 Å².